The van der Waals surface area contributed by atoms with Crippen LogP contribution in [0.1, 0.15) is 44.4 Å². The number of rotatable bonds is 14. The zero-order valence-corrected chi connectivity index (χ0v) is 52.4. The van der Waals surface area contributed by atoms with Crippen molar-refractivity contribution >= 4 is 182 Å². The summed E-state index contributed by atoms with van der Waals surface area (Å²) >= 11 is 47.9. The van der Waals surface area contributed by atoms with Gasteiger partial charge in [-0.05, 0) is 149 Å². The zero-order valence-electron chi connectivity index (χ0n) is 42.3. The molecular weight excluding hydrogens is 1370 g/mol. The van der Waals surface area contributed by atoms with Crippen molar-refractivity contribution in [2.45, 2.75) is 63.6 Å². The highest BCUT2D eigenvalue weighted by Gasteiger charge is 2.51. The van der Waals surface area contributed by atoms with Gasteiger partial charge in [0, 0.05) is 74.3 Å². The smallest absolute Gasteiger partial charge is 0.331 e. The van der Waals surface area contributed by atoms with Crippen LogP contribution in [0.25, 0.3) is 0 Å². The summed E-state index contributed by atoms with van der Waals surface area (Å²) in [6, 6.07) is 38.0. The first-order chi connectivity index (χ1) is 38.0. The van der Waals surface area contributed by atoms with Crippen LogP contribution >= 0.6 is 129 Å². The topological polar surface area (TPSA) is 199 Å². The fourth-order valence-corrected chi connectivity index (χ4v) is 11.2. The van der Waals surface area contributed by atoms with E-state index in [2.05, 4.69) is 89.1 Å². The molecule has 0 fully saturated rings. The number of carbonyl (C=O) groups is 3. The quantitative estimate of drug-likeness (QED) is 0.0976. The molecule has 17 nitrogen and oxygen atoms in total. The number of hydrogen-bond acceptors (Lipinski definition) is 13. The first-order valence-corrected chi connectivity index (χ1v) is 29.3. The Balaban J connectivity index is 0.000000158. The van der Waals surface area contributed by atoms with E-state index >= 15 is 0 Å². The molecule has 0 bridgehead atoms. The van der Waals surface area contributed by atoms with E-state index in [0.717, 1.165) is 35.9 Å². The molecule has 0 saturated carbocycles. The molecule has 80 heavy (non-hydrogen) atoms. The molecule has 3 atom stereocenters. The van der Waals surface area contributed by atoms with E-state index in [1.807, 2.05) is 93.6 Å². The second kappa shape index (κ2) is 25.9. The average Bonchev–Trinajstić information content (AvgIpc) is 4.39. The van der Waals surface area contributed by atoms with Crippen molar-refractivity contribution in [2.75, 3.05) is 20.9 Å². The molecule has 2 amide bonds. The van der Waals surface area contributed by atoms with E-state index in [4.69, 9.17) is 73.8 Å². The molecule has 414 valence electrons. The minimum absolute atomic E-state index is 0.162. The molecule has 10 rings (SSSR count). The van der Waals surface area contributed by atoms with Gasteiger partial charge in [-0.3, -0.25) is 9.59 Å². The molecule has 4 heterocycles. The Morgan fingerprint density at radius 3 is 1.61 bits per heavy atom. The van der Waals surface area contributed by atoms with Gasteiger partial charge in [0.2, 0.25) is 5.95 Å². The number of fused-ring (bicyclic) bond motifs is 1. The maximum absolute atomic E-state index is 13.3. The summed E-state index contributed by atoms with van der Waals surface area (Å²) < 4.78 is 11.4. The van der Waals surface area contributed by atoms with Crippen molar-refractivity contribution in [3.8, 4) is 0 Å². The van der Waals surface area contributed by atoms with Crippen molar-refractivity contribution in [3.05, 3.63) is 188 Å². The number of amidine groups is 1. The summed E-state index contributed by atoms with van der Waals surface area (Å²) in [7, 11) is 0. The number of nitrogens with zero attached hydrogens (tertiary/aromatic N) is 11. The second-order valence-electron chi connectivity index (χ2n) is 18.5. The molecule has 2 aliphatic rings. The Bertz CT molecular complexity index is 3560. The van der Waals surface area contributed by atoms with Gasteiger partial charge >= 0.3 is 12.0 Å². The lowest BCUT2D eigenvalue weighted by atomic mass is 9.92. The highest BCUT2D eigenvalue weighted by molar-refractivity contribution is 9.11. The predicted octanol–water partition coefficient (Wildman–Crippen LogP) is 15.1. The molecule has 2 N–H and O–H groups in total. The minimum Gasteiger partial charge on any atom is -0.479 e. The number of aromatic nitrogens is 8. The Labute approximate surface area is 518 Å². The van der Waals surface area contributed by atoms with Crippen LogP contribution in [0.5, 0.6) is 0 Å². The van der Waals surface area contributed by atoms with Crippen LogP contribution < -0.4 is 15.1 Å². The van der Waals surface area contributed by atoms with Crippen LogP contribution in [0.2, 0.25) is 30.1 Å². The van der Waals surface area contributed by atoms with E-state index in [-0.39, 0.29) is 30.2 Å². The summed E-state index contributed by atoms with van der Waals surface area (Å²) in [5.74, 6) is -0.194. The van der Waals surface area contributed by atoms with Crippen molar-refractivity contribution in [3.63, 3.8) is 0 Å². The van der Waals surface area contributed by atoms with Crippen LogP contribution in [0.3, 0.4) is 0 Å². The molecule has 0 saturated heterocycles. The van der Waals surface area contributed by atoms with E-state index in [0.29, 0.717) is 66.0 Å². The van der Waals surface area contributed by atoms with Gasteiger partial charge in [0.25, 0.3) is 17.8 Å². The monoisotopic (exact) mass is 1410 g/mol. The number of carbonyl (C=O) groups excluding carboxylic acids is 2. The van der Waals surface area contributed by atoms with Crippen LogP contribution in [-0.2, 0) is 48.9 Å². The Morgan fingerprint density at radius 2 is 1.11 bits per heavy atom. The van der Waals surface area contributed by atoms with Crippen molar-refractivity contribution in [1.82, 2.24) is 40.4 Å². The van der Waals surface area contributed by atoms with Gasteiger partial charge in [0.15, 0.2) is 5.54 Å². The molecule has 0 radical (unpaired) electrons. The first kappa shape index (κ1) is 60.8. The molecule has 0 spiro atoms. The molecular formula is C53H43Br3Cl6N12O5S. The van der Waals surface area contributed by atoms with Gasteiger partial charge in [-0.2, -0.15) is 9.36 Å². The molecule has 6 aromatic carbocycles. The van der Waals surface area contributed by atoms with E-state index in [1.54, 1.807) is 66.2 Å². The number of nitrogens with one attached hydrogen (secondary N) is 1. The number of amides is 2. The number of aliphatic carboxylic acids is 1. The molecule has 3 unspecified atom stereocenters. The normalized spacial score (nSPS) is 17.2. The SMILES string of the molecule is CC(Cc1ccc(Br)cc1)(C(=O)O)n1nnnc1Nc1cc(Cl)cc(Cl)c1.CC1(Cc2ccc(Br)cc2)C(=O)N(c2cc(Cl)cc(Cl)c2)c2nnnn21.CCSOC1=NC(C)(Cc2ccc(Br)cc2)C(=O)N1c1cc(Cl)cc(Cl)c1. The van der Waals surface area contributed by atoms with Crippen LogP contribution in [0.15, 0.2) is 146 Å². The number of hydrogen-bond donors (Lipinski definition) is 2. The number of aliphatic imine (C=N–C) groups is 1. The lowest BCUT2D eigenvalue weighted by molar-refractivity contribution is -0.147. The van der Waals surface area contributed by atoms with Crippen LogP contribution in [0.4, 0.5) is 29.0 Å². The Morgan fingerprint density at radius 1 is 0.650 bits per heavy atom. The fraction of sp³-hybridized carbons (Fsp3) is 0.208. The maximum Gasteiger partial charge on any atom is 0.331 e. The largest absolute Gasteiger partial charge is 0.479 e. The van der Waals surface area contributed by atoms with Crippen LogP contribution in [-0.4, -0.2) is 80.6 Å². The number of halogens is 9. The standard InChI is InChI=1S/C19H17BrCl2N2O2S.C17H14BrCl2N5O2.C17H12BrCl2N5O/c1-3-27-26-18-23-19(2,11-12-4-6-13(20)7-5-12)17(25)24(18)16-9-14(21)8-15(22)10-16;1-17(15(26)27,9-10-2-4-11(18)5-3-10)25-16(22-23-24-25)21-14-7-12(19)6-13(20)8-14;1-17(9-10-2-4-11(18)5-3-10)15(26)24(16-21-22-23-25(16)17)14-7-12(19)6-13(20)8-14/h4-10H,3,11H2,1-2H3;2-8H,9H2,1H3,(H,26,27)(H,21,22,24);2-8H,9H2,1H3. The third-order valence-electron chi connectivity index (χ3n) is 12.3. The van der Waals surface area contributed by atoms with Gasteiger partial charge in [0.05, 0.1) is 23.4 Å². The fourth-order valence-electron chi connectivity index (χ4n) is 8.52. The number of anilines is 5. The lowest BCUT2D eigenvalue weighted by Gasteiger charge is -2.26. The second-order valence-corrected chi connectivity index (χ2v) is 24.9. The lowest BCUT2D eigenvalue weighted by Crippen LogP contribution is -2.42. The first-order valence-electron chi connectivity index (χ1n) is 23.8. The summed E-state index contributed by atoms with van der Waals surface area (Å²) in [6.07, 6.45) is 1.08. The summed E-state index contributed by atoms with van der Waals surface area (Å²) in [4.78, 5) is 46.3. The number of carboxylic acids is 1. The third kappa shape index (κ3) is 14.1. The van der Waals surface area contributed by atoms with Gasteiger partial charge in [0.1, 0.15) is 11.1 Å². The summed E-state index contributed by atoms with van der Waals surface area (Å²) in [5, 5.41) is 38.8. The van der Waals surface area contributed by atoms with E-state index < -0.39 is 22.6 Å². The number of carboxylic acid groups (broad SMARTS) is 1. The number of tetrazole rings is 2. The minimum atomic E-state index is -1.41. The van der Waals surface area contributed by atoms with Crippen LogP contribution in [0, 0.1) is 0 Å². The third-order valence-corrected chi connectivity index (χ3v) is 15.7. The molecule has 0 aliphatic carbocycles. The van der Waals surface area contributed by atoms with Crippen molar-refractivity contribution in [2.24, 2.45) is 4.99 Å². The van der Waals surface area contributed by atoms with Gasteiger partial charge in [-0.15, -0.1) is 0 Å². The predicted molar refractivity (Wildman–Crippen MR) is 326 cm³/mol. The van der Waals surface area contributed by atoms with E-state index in [1.165, 1.54) is 26.5 Å². The average molecular weight is 1410 g/mol. The number of benzene rings is 6. The van der Waals surface area contributed by atoms with Gasteiger partial charge in [-0.25, -0.2) is 19.6 Å². The molecule has 2 aromatic heterocycles. The van der Waals surface area contributed by atoms with Crippen molar-refractivity contribution < 1.29 is 23.7 Å². The zero-order chi connectivity index (χ0) is 57.7. The molecule has 8 aromatic rings. The van der Waals surface area contributed by atoms with Gasteiger partial charge < -0.3 is 14.6 Å². The summed E-state index contributed by atoms with van der Waals surface area (Å²) in [5.41, 5.74) is 1.09. The molecule has 2 aliphatic heterocycles. The summed E-state index contributed by atoms with van der Waals surface area (Å²) in [6.45, 7) is 7.15. The highest BCUT2D eigenvalue weighted by Crippen LogP contribution is 2.42. The van der Waals surface area contributed by atoms with Gasteiger partial charge in [-0.1, -0.05) is 171 Å². The van der Waals surface area contributed by atoms with Crippen molar-refractivity contribution in [1.29, 1.82) is 0 Å². The molecule has 27 heteroatoms. The highest BCUT2D eigenvalue weighted by atomic mass is 79.9. The van der Waals surface area contributed by atoms with E-state index in [9.17, 15) is 19.5 Å². The maximum atomic E-state index is 13.3. The Hall–Kier alpha value is -5.33. The Kier molecular flexibility index (Phi) is 19.6.